The normalized spacial score (nSPS) is 19.7. The van der Waals surface area contributed by atoms with E-state index in [1.54, 1.807) is 18.3 Å². The highest BCUT2D eigenvalue weighted by Gasteiger charge is 2.18. The Hall–Kier alpha value is -2.67. The van der Waals surface area contributed by atoms with Crippen molar-refractivity contribution in [3.05, 3.63) is 36.0 Å². The Labute approximate surface area is 171 Å². The van der Waals surface area contributed by atoms with Crippen molar-refractivity contribution in [2.75, 3.05) is 30.8 Å². The monoisotopic (exact) mass is 395 g/mol. The highest BCUT2D eigenvalue weighted by Crippen LogP contribution is 2.26. The minimum Gasteiger partial charge on any atom is -0.465 e. The van der Waals surface area contributed by atoms with E-state index in [0.717, 1.165) is 36.6 Å². The van der Waals surface area contributed by atoms with Crippen LogP contribution in [0.25, 0.3) is 11.3 Å². The Morgan fingerprint density at radius 1 is 1.07 bits per heavy atom. The van der Waals surface area contributed by atoms with Gasteiger partial charge in [-0.15, -0.1) is 0 Å². The molecule has 2 aliphatic rings. The highest BCUT2D eigenvalue weighted by molar-refractivity contribution is 5.91. The third-order valence-electron chi connectivity index (χ3n) is 5.67. The zero-order valence-corrected chi connectivity index (χ0v) is 16.9. The molecule has 1 saturated carbocycles. The Morgan fingerprint density at radius 2 is 1.90 bits per heavy atom. The van der Waals surface area contributed by atoms with Crippen molar-refractivity contribution >= 4 is 17.6 Å². The minimum absolute atomic E-state index is 0.309. The summed E-state index contributed by atoms with van der Waals surface area (Å²) in [5.41, 5.74) is 2.15. The molecule has 0 radical (unpaired) electrons. The third-order valence-corrected chi connectivity index (χ3v) is 5.67. The van der Waals surface area contributed by atoms with E-state index < -0.39 is 0 Å². The molecule has 7 nitrogen and oxygen atoms in total. The smallest absolute Gasteiger partial charge is 0.338 e. The van der Waals surface area contributed by atoms with Gasteiger partial charge in [-0.3, -0.25) is 0 Å². The van der Waals surface area contributed by atoms with Crippen LogP contribution < -0.4 is 16.0 Å². The van der Waals surface area contributed by atoms with Crippen molar-refractivity contribution in [1.82, 2.24) is 15.3 Å². The van der Waals surface area contributed by atoms with Gasteiger partial charge in [-0.25, -0.2) is 14.8 Å². The van der Waals surface area contributed by atoms with E-state index in [2.05, 4.69) is 20.9 Å². The topological polar surface area (TPSA) is 88.2 Å². The van der Waals surface area contributed by atoms with Crippen LogP contribution in [0.15, 0.2) is 30.5 Å². The lowest BCUT2D eigenvalue weighted by molar-refractivity contribution is 0.0600. The first kappa shape index (κ1) is 19.6. The van der Waals surface area contributed by atoms with Gasteiger partial charge >= 0.3 is 5.97 Å². The summed E-state index contributed by atoms with van der Waals surface area (Å²) in [7, 11) is 1.40. The molecule has 29 heavy (non-hydrogen) atoms. The molecule has 2 fully saturated rings. The van der Waals surface area contributed by atoms with Crippen LogP contribution >= 0.6 is 0 Å². The SMILES string of the molecule is COC(=O)c1cc(NC2CCNC2)nc(-c2ccnc(NC3CCCCC3)c2)c1. The lowest BCUT2D eigenvalue weighted by atomic mass is 9.95. The Kier molecular flexibility index (Phi) is 6.24. The average molecular weight is 396 g/mol. The summed E-state index contributed by atoms with van der Waals surface area (Å²) in [6, 6.07) is 8.27. The number of anilines is 2. The molecular weight excluding hydrogens is 366 g/mol. The van der Waals surface area contributed by atoms with Gasteiger partial charge in [0.25, 0.3) is 0 Å². The van der Waals surface area contributed by atoms with Crippen LogP contribution in [0.1, 0.15) is 48.9 Å². The molecule has 0 spiro atoms. The molecule has 1 atom stereocenters. The van der Waals surface area contributed by atoms with Gasteiger partial charge in [0.15, 0.2) is 0 Å². The molecule has 1 aliphatic heterocycles. The van der Waals surface area contributed by atoms with Gasteiger partial charge in [0.05, 0.1) is 18.4 Å². The number of esters is 1. The van der Waals surface area contributed by atoms with Gasteiger partial charge in [-0.05, 0) is 50.1 Å². The van der Waals surface area contributed by atoms with Crippen molar-refractivity contribution in [2.24, 2.45) is 0 Å². The molecule has 3 N–H and O–H groups in total. The van der Waals surface area contributed by atoms with Crippen molar-refractivity contribution in [3.63, 3.8) is 0 Å². The summed E-state index contributed by atoms with van der Waals surface area (Å²) >= 11 is 0. The summed E-state index contributed by atoms with van der Waals surface area (Å²) in [6.07, 6.45) is 9.06. The number of methoxy groups -OCH3 is 1. The number of hydrogen-bond acceptors (Lipinski definition) is 7. The Bertz CT molecular complexity index is 845. The van der Waals surface area contributed by atoms with Crippen LogP contribution in [0.2, 0.25) is 0 Å². The van der Waals surface area contributed by atoms with Gasteiger partial charge in [0.1, 0.15) is 11.6 Å². The first-order chi connectivity index (χ1) is 14.2. The van der Waals surface area contributed by atoms with E-state index in [1.807, 2.05) is 12.1 Å². The first-order valence-corrected chi connectivity index (χ1v) is 10.5. The number of carbonyl (C=O) groups is 1. The molecule has 3 heterocycles. The fourth-order valence-electron chi connectivity index (χ4n) is 4.10. The second-order valence-corrected chi connectivity index (χ2v) is 7.86. The molecule has 0 amide bonds. The summed E-state index contributed by atoms with van der Waals surface area (Å²) in [6.45, 7) is 1.88. The third kappa shape index (κ3) is 5.03. The number of nitrogens with zero attached hydrogens (tertiary/aromatic N) is 2. The summed E-state index contributed by atoms with van der Waals surface area (Å²) < 4.78 is 4.94. The van der Waals surface area contributed by atoms with Crippen LogP contribution in [0.4, 0.5) is 11.6 Å². The van der Waals surface area contributed by atoms with E-state index in [9.17, 15) is 4.79 Å². The fourth-order valence-corrected chi connectivity index (χ4v) is 4.10. The maximum atomic E-state index is 12.2. The number of pyridine rings is 2. The molecule has 1 unspecified atom stereocenters. The van der Waals surface area contributed by atoms with Gasteiger partial charge in [0.2, 0.25) is 0 Å². The van der Waals surface area contributed by atoms with Crippen LogP contribution in [-0.2, 0) is 4.74 Å². The van der Waals surface area contributed by atoms with Gasteiger partial charge in [-0.2, -0.15) is 0 Å². The van der Waals surface area contributed by atoms with Gasteiger partial charge in [-0.1, -0.05) is 19.3 Å². The quantitative estimate of drug-likeness (QED) is 0.646. The van der Waals surface area contributed by atoms with Crippen molar-refractivity contribution in [1.29, 1.82) is 0 Å². The lowest BCUT2D eigenvalue weighted by Crippen LogP contribution is -2.23. The number of rotatable bonds is 6. The van der Waals surface area contributed by atoms with Crippen molar-refractivity contribution < 1.29 is 9.53 Å². The van der Waals surface area contributed by atoms with Gasteiger partial charge in [0, 0.05) is 30.4 Å². The van der Waals surface area contributed by atoms with Crippen molar-refractivity contribution in [3.8, 4) is 11.3 Å². The first-order valence-electron chi connectivity index (χ1n) is 10.5. The molecule has 2 aromatic heterocycles. The van der Waals surface area contributed by atoms with Crippen LogP contribution in [-0.4, -0.2) is 48.2 Å². The Morgan fingerprint density at radius 3 is 2.66 bits per heavy atom. The molecular formula is C22H29N5O2. The lowest BCUT2D eigenvalue weighted by Gasteiger charge is -2.23. The maximum absolute atomic E-state index is 12.2. The standard InChI is InChI=1S/C22H29N5O2/c1-29-22(28)16-11-19(27-21(13-16)26-18-8-9-23-14-18)15-7-10-24-20(12-15)25-17-5-3-2-4-6-17/h7,10-13,17-18,23H,2-6,8-9,14H2,1H3,(H,24,25)(H,26,27). The number of nitrogens with one attached hydrogen (secondary N) is 3. The summed E-state index contributed by atoms with van der Waals surface area (Å²) in [5, 5.41) is 10.3. The molecule has 1 saturated heterocycles. The minimum atomic E-state index is -0.365. The molecule has 2 aromatic rings. The van der Waals surface area contributed by atoms with E-state index in [-0.39, 0.29) is 5.97 Å². The molecule has 154 valence electrons. The maximum Gasteiger partial charge on any atom is 0.338 e. The van der Waals surface area contributed by atoms with Crippen LogP contribution in [0, 0.1) is 0 Å². The van der Waals surface area contributed by atoms with Gasteiger partial charge < -0.3 is 20.7 Å². The van der Waals surface area contributed by atoms with E-state index in [1.165, 1.54) is 39.2 Å². The Balaban J connectivity index is 1.60. The predicted octanol–water partition coefficient (Wildman–Crippen LogP) is 3.45. The summed E-state index contributed by atoms with van der Waals surface area (Å²) in [5.74, 6) is 1.18. The summed E-state index contributed by atoms with van der Waals surface area (Å²) in [4.78, 5) is 21.5. The van der Waals surface area contributed by atoms with E-state index in [4.69, 9.17) is 9.72 Å². The molecule has 0 aromatic carbocycles. The second-order valence-electron chi connectivity index (χ2n) is 7.86. The van der Waals surface area contributed by atoms with Crippen LogP contribution in [0.5, 0.6) is 0 Å². The zero-order valence-electron chi connectivity index (χ0n) is 16.9. The van der Waals surface area contributed by atoms with Crippen LogP contribution in [0.3, 0.4) is 0 Å². The number of aromatic nitrogens is 2. The fraction of sp³-hybridized carbons (Fsp3) is 0.500. The molecule has 0 bridgehead atoms. The number of hydrogen-bond donors (Lipinski definition) is 3. The number of ether oxygens (including phenoxy) is 1. The second kappa shape index (κ2) is 9.22. The molecule has 4 rings (SSSR count). The van der Waals surface area contributed by atoms with E-state index in [0.29, 0.717) is 23.5 Å². The van der Waals surface area contributed by atoms with E-state index >= 15 is 0 Å². The number of carbonyl (C=O) groups excluding carboxylic acids is 1. The van der Waals surface area contributed by atoms with Crippen molar-refractivity contribution in [2.45, 2.75) is 50.6 Å². The predicted molar refractivity (Wildman–Crippen MR) is 114 cm³/mol. The largest absolute Gasteiger partial charge is 0.465 e. The molecule has 7 heteroatoms. The highest BCUT2D eigenvalue weighted by atomic mass is 16.5. The molecule has 1 aliphatic carbocycles. The average Bonchev–Trinajstić information content (AvgIpc) is 3.27. The zero-order chi connectivity index (χ0) is 20.1.